The second kappa shape index (κ2) is 6.03. The highest BCUT2D eigenvalue weighted by Crippen LogP contribution is 2.26. The molecule has 0 amide bonds. The van der Waals surface area contributed by atoms with Crippen molar-refractivity contribution in [2.75, 3.05) is 0 Å². The van der Waals surface area contributed by atoms with Crippen molar-refractivity contribution < 1.29 is 0 Å². The summed E-state index contributed by atoms with van der Waals surface area (Å²) < 4.78 is 0. The van der Waals surface area contributed by atoms with E-state index in [1.54, 1.807) is 0 Å². The largest absolute Gasteiger partial charge is 0.257 e. The van der Waals surface area contributed by atoms with E-state index >= 15 is 0 Å². The first-order valence-electron chi connectivity index (χ1n) is 5.48. The molecule has 1 heteroatoms. The molecule has 2 rings (SSSR count). The predicted molar refractivity (Wildman–Crippen MR) is 66.7 cm³/mol. The molecule has 0 aromatic heterocycles. The minimum absolute atomic E-state index is 0.798. The highest BCUT2D eigenvalue weighted by atomic mass is 14.8. The summed E-state index contributed by atoms with van der Waals surface area (Å²) in [6, 6.07) is 8.25. The van der Waals surface area contributed by atoms with Crippen molar-refractivity contribution in [1.29, 1.82) is 0 Å². The van der Waals surface area contributed by atoms with Gasteiger partial charge in [-0.05, 0) is 18.1 Å². The molecule has 0 N–H and O–H groups in total. The number of hydrogen-bond acceptors (Lipinski definition) is 1. The van der Waals surface area contributed by atoms with E-state index in [4.69, 9.17) is 6.42 Å². The van der Waals surface area contributed by atoms with E-state index in [9.17, 15) is 0 Å². The Balaban J connectivity index is 0.000000531. The number of rotatable bonds is 2. The van der Waals surface area contributed by atoms with Crippen LogP contribution < -0.4 is 0 Å². The first kappa shape index (κ1) is 11.5. The van der Waals surface area contributed by atoms with Gasteiger partial charge >= 0.3 is 0 Å². The molecule has 78 valence electrons. The zero-order valence-electron chi connectivity index (χ0n) is 9.46. The number of hydrogen-bond donors (Lipinski definition) is 0. The molecule has 0 radical (unpaired) electrons. The average molecular weight is 199 g/mol. The van der Waals surface area contributed by atoms with E-state index in [-0.39, 0.29) is 0 Å². The van der Waals surface area contributed by atoms with Crippen LogP contribution in [0.15, 0.2) is 29.3 Å². The van der Waals surface area contributed by atoms with Gasteiger partial charge in [-0.25, -0.2) is 0 Å². The van der Waals surface area contributed by atoms with Gasteiger partial charge in [-0.2, -0.15) is 0 Å². The summed E-state index contributed by atoms with van der Waals surface area (Å²) >= 11 is 0. The Morgan fingerprint density at radius 1 is 1.33 bits per heavy atom. The maximum Gasteiger partial charge on any atom is 0.0664 e. The highest BCUT2D eigenvalue weighted by Gasteiger charge is 2.12. The number of fused-ring (bicyclic) bond motifs is 1. The van der Waals surface area contributed by atoms with E-state index in [1.807, 2.05) is 19.9 Å². The third-order valence-corrected chi connectivity index (χ3v) is 2.22. The minimum Gasteiger partial charge on any atom is -0.257 e. The van der Waals surface area contributed by atoms with Gasteiger partial charge in [0.1, 0.15) is 0 Å². The van der Waals surface area contributed by atoms with Gasteiger partial charge in [0, 0.05) is 18.6 Å². The van der Waals surface area contributed by atoms with Crippen LogP contribution in [0.5, 0.6) is 0 Å². The summed E-state index contributed by atoms with van der Waals surface area (Å²) in [6.45, 7) is 4.00. The van der Waals surface area contributed by atoms with Gasteiger partial charge in [-0.3, -0.25) is 4.99 Å². The maximum atomic E-state index is 5.21. The van der Waals surface area contributed by atoms with Gasteiger partial charge in [0.25, 0.3) is 0 Å². The van der Waals surface area contributed by atoms with Crippen LogP contribution in [-0.4, -0.2) is 5.71 Å². The van der Waals surface area contributed by atoms with E-state index < -0.39 is 0 Å². The molecule has 0 fully saturated rings. The van der Waals surface area contributed by atoms with Crippen molar-refractivity contribution in [3.8, 4) is 12.3 Å². The monoisotopic (exact) mass is 199 g/mol. The molecular weight excluding hydrogens is 182 g/mol. The Morgan fingerprint density at radius 2 is 2.07 bits per heavy atom. The Bertz CT molecular complexity index is 383. The molecule has 0 unspecified atom stereocenters. The summed E-state index contributed by atoms with van der Waals surface area (Å²) in [6.07, 6.45) is 7.92. The van der Waals surface area contributed by atoms with Crippen molar-refractivity contribution in [2.45, 2.75) is 33.1 Å². The third-order valence-electron chi connectivity index (χ3n) is 2.22. The lowest BCUT2D eigenvalue weighted by atomic mass is 10.1. The Morgan fingerprint density at radius 3 is 2.73 bits per heavy atom. The summed E-state index contributed by atoms with van der Waals surface area (Å²) in [5.41, 5.74) is 3.67. The molecule has 1 aliphatic rings. The fourth-order valence-corrected chi connectivity index (χ4v) is 1.56. The van der Waals surface area contributed by atoms with Crippen LogP contribution in [-0.2, 0) is 6.42 Å². The Kier molecular flexibility index (Phi) is 4.63. The standard InChI is InChI=1S/C12H11N.C2H6/c1-2-3-7-11-9-10-6-4-5-8-12(10)13-11;1-2/h1,4-6,8H,3,7,9H2;1-2H3. The molecule has 0 spiro atoms. The molecule has 0 bridgehead atoms. The van der Waals surface area contributed by atoms with Crippen molar-refractivity contribution in [1.82, 2.24) is 0 Å². The summed E-state index contributed by atoms with van der Waals surface area (Å²) in [5.74, 6) is 2.64. The number of nitrogens with zero attached hydrogens (tertiary/aromatic N) is 1. The van der Waals surface area contributed by atoms with Crippen LogP contribution >= 0.6 is 0 Å². The first-order valence-corrected chi connectivity index (χ1v) is 5.48. The zero-order valence-corrected chi connectivity index (χ0v) is 9.46. The Labute approximate surface area is 92.2 Å². The molecule has 0 saturated heterocycles. The fourth-order valence-electron chi connectivity index (χ4n) is 1.56. The number of aliphatic imine (C=N–C) groups is 1. The summed E-state index contributed by atoms with van der Waals surface area (Å²) in [7, 11) is 0. The van der Waals surface area contributed by atoms with E-state index in [2.05, 4.69) is 29.1 Å². The van der Waals surface area contributed by atoms with Crippen LogP contribution in [0.1, 0.15) is 32.3 Å². The Hall–Kier alpha value is -1.55. The lowest BCUT2D eigenvalue weighted by molar-refractivity contribution is 1.11. The lowest BCUT2D eigenvalue weighted by Crippen LogP contribution is -1.96. The summed E-state index contributed by atoms with van der Waals surface area (Å²) in [5, 5.41) is 0. The quantitative estimate of drug-likeness (QED) is 0.643. The molecule has 1 aromatic carbocycles. The van der Waals surface area contributed by atoms with Gasteiger partial charge in [-0.1, -0.05) is 32.0 Å². The number of terminal acetylenes is 1. The normalized spacial score (nSPS) is 11.9. The van der Waals surface area contributed by atoms with Crippen LogP contribution in [0.2, 0.25) is 0 Å². The smallest absolute Gasteiger partial charge is 0.0664 e. The molecule has 1 aromatic rings. The van der Waals surface area contributed by atoms with Gasteiger partial charge in [-0.15, -0.1) is 12.3 Å². The van der Waals surface area contributed by atoms with Gasteiger partial charge in [0.15, 0.2) is 0 Å². The van der Waals surface area contributed by atoms with Crippen LogP contribution in [0.3, 0.4) is 0 Å². The van der Waals surface area contributed by atoms with Crippen molar-refractivity contribution in [3.63, 3.8) is 0 Å². The summed E-state index contributed by atoms with van der Waals surface area (Å²) in [4.78, 5) is 4.51. The van der Waals surface area contributed by atoms with E-state index in [0.29, 0.717) is 0 Å². The lowest BCUT2D eigenvalue weighted by Gasteiger charge is -1.94. The molecule has 1 heterocycles. The SMILES string of the molecule is C#CCCC1=Nc2ccccc2C1.CC. The van der Waals surface area contributed by atoms with Crippen LogP contribution in [0, 0.1) is 12.3 Å². The average Bonchev–Trinajstić information content (AvgIpc) is 2.71. The van der Waals surface area contributed by atoms with E-state index in [1.165, 1.54) is 11.3 Å². The second-order valence-electron chi connectivity index (χ2n) is 3.19. The van der Waals surface area contributed by atoms with Crippen molar-refractivity contribution >= 4 is 11.4 Å². The van der Waals surface area contributed by atoms with Crippen LogP contribution in [0.25, 0.3) is 0 Å². The molecular formula is C14H17N. The number of para-hydroxylation sites is 1. The molecule has 0 aliphatic carbocycles. The zero-order chi connectivity index (χ0) is 11.1. The van der Waals surface area contributed by atoms with Crippen LogP contribution in [0.4, 0.5) is 5.69 Å². The van der Waals surface area contributed by atoms with Gasteiger partial charge in [0.05, 0.1) is 5.69 Å². The minimum atomic E-state index is 0.798. The van der Waals surface area contributed by atoms with Gasteiger partial charge in [0.2, 0.25) is 0 Å². The predicted octanol–water partition coefficient (Wildman–Crippen LogP) is 3.75. The third kappa shape index (κ3) is 2.95. The molecule has 15 heavy (non-hydrogen) atoms. The van der Waals surface area contributed by atoms with Gasteiger partial charge < -0.3 is 0 Å². The first-order chi connectivity index (χ1) is 7.40. The molecule has 0 saturated carbocycles. The molecule has 1 aliphatic heterocycles. The second-order valence-corrected chi connectivity index (χ2v) is 3.19. The molecule has 0 atom stereocenters. The molecule has 1 nitrogen and oxygen atoms in total. The van der Waals surface area contributed by atoms with E-state index in [0.717, 1.165) is 24.9 Å². The van der Waals surface area contributed by atoms with Crippen molar-refractivity contribution in [2.24, 2.45) is 4.99 Å². The maximum absolute atomic E-state index is 5.21. The van der Waals surface area contributed by atoms with Crippen molar-refractivity contribution in [3.05, 3.63) is 29.8 Å². The fraction of sp³-hybridized carbons (Fsp3) is 0.357. The highest BCUT2D eigenvalue weighted by molar-refractivity contribution is 5.93. The number of benzene rings is 1. The topological polar surface area (TPSA) is 12.4 Å².